The minimum atomic E-state index is 0.510. The van der Waals surface area contributed by atoms with Crippen molar-refractivity contribution in [2.45, 2.75) is 38.6 Å². The van der Waals surface area contributed by atoms with E-state index in [9.17, 15) is 0 Å². The average Bonchev–Trinajstić information content (AvgIpc) is 2.39. The third-order valence-corrected chi connectivity index (χ3v) is 3.56. The molecule has 3 nitrogen and oxygen atoms in total. The fourth-order valence-corrected chi connectivity index (χ4v) is 2.37. The van der Waals surface area contributed by atoms with Crippen LogP contribution in [0.15, 0.2) is 18.3 Å². The second kappa shape index (κ2) is 5.50. The van der Waals surface area contributed by atoms with Gasteiger partial charge in [0, 0.05) is 24.8 Å². The summed E-state index contributed by atoms with van der Waals surface area (Å²) in [6, 6.07) is 4.98. The molecule has 0 aromatic carbocycles. The van der Waals surface area contributed by atoms with Gasteiger partial charge in [-0.1, -0.05) is 13.8 Å². The van der Waals surface area contributed by atoms with Gasteiger partial charge in [0.1, 0.15) is 0 Å². The number of likely N-dealkylation sites (N-methyl/N-ethyl adjacent to an activating group) is 1. The van der Waals surface area contributed by atoms with Gasteiger partial charge in [-0.2, -0.15) is 0 Å². The molecule has 0 aliphatic carbocycles. The second-order valence-corrected chi connectivity index (χ2v) is 5.17. The lowest BCUT2D eigenvalue weighted by Crippen LogP contribution is -2.44. The number of aromatic nitrogens is 1. The van der Waals surface area contributed by atoms with Crippen molar-refractivity contribution in [3.8, 4) is 0 Å². The molecule has 1 aromatic heterocycles. The molecule has 0 amide bonds. The van der Waals surface area contributed by atoms with Gasteiger partial charge in [0.15, 0.2) is 0 Å². The largest absolute Gasteiger partial charge is 0.369 e. The van der Waals surface area contributed by atoms with E-state index in [2.05, 4.69) is 41.2 Å². The first kappa shape index (κ1) is 12.4. The summed E-state index contributed by atoms with van der Waals surface area (Å²) in [6.45, 7) is 6.61. The van der Waals surface area contributed by atoms with Crippen LogP contribution in [0.5, 0.6) is 0 Å². The van der Waals surface area contributed by atoms with Crippen LogP contribution in [0.2, 0.25) is 0 Å². The van der Waals surface area contributed by atoms with Crippen LogP contribution in [0.1, 0.15) is 38.3 Å². The van der Waals surface area contributed by atoms with Crippen LogP contribution >= 0.6 is 0 Å². The maximum absolute atomic E-state index is 4.54. The van der Waals surface area contributed by atoms with E-state index in [1.165, 1.54) is 24.2 Å². The summed E-state index contributed by atoms with van der Waals surface area (Å²) in [4.78, 5) is 6.97. The molecule has 17 heavy (non-hydrogen) atoms. The third-order valence-electron chi connectivity index (χ3n) is 3.56. The van der Waals surface area contributed by atoms with Gasteiger partial charge in [-0.3, -0.25) is 4.98 Å². The Balaban J connectivity index is 2.06. The molecule has 0 bridgehead atoms. The summed E-state index contributed by atoms with van der Waals surface area (Å²) < 4.78 is 0. The number of hydrogen-bond donors (Lipinski definition) is 1. The van der Waals surface area contributed by atoms with Gasteiger partial charge >= 0.3 is 0 Å². The smallest absolute Gasteiger partial charge is 0.0553 e. The van der Waals surface area contributed by atoms with Gasteiger partial charge < -0.3 is 10.2 Å². The summed E-state index contributed by atoms with van der Waals surface area (Å²) in [6.07, 6.45) is 4.56. The predicted molar refractivity (Wildman–Crippen MR) is 72.6 cm³/mol. The van der Waals surface area contributed by atoms with Gasteiger partial charge in [0.05, 0.1) is 11.9 Å². The van der Waals surface area contributed by atoms with Crippen LogP contribution in [0.25, 0.3) is 0 Å². The standard InChI is InChI=1S/C14H23N3/c1-11(2)14-7-6-13(9-16-14)17-8-4-5-12(10-17)15-3/h6-7,9,11-12,15H,4-5,8,10H2,1-3H3. The second-order valence-electron chi connectivity index (χ2n) is 5.17. The van der Waals surface area contributed by atoms with Crippen molar-refractivity contribution in [3.05, 3.63) is 24.0 Å². The van der Waals surface area contributed by atoms with Crippen LogP contribution in [0.4, 0.5) is 5.69 Å². The van der Waals surface area contributed by atoms with Crippen LogP contribution in [0.3, 0.4) is 0 Å². The van der Waals surface area contributed by atoms with Crippen molar-refractivity contribution < 1.29 is 0 Å². The predicted octanol–water partition coefficient (Wildman–Crippen LogP) is 2.39. The molecular weight excluding hydrogens is 210 g/mol. The highest BCUT2D eigenvalue weighted by atomic mass is 15.2. The van der Waals surface area contributed by atoms with E-state index in [-0.39, 0.29) is 0 Å². The highest BCUT2D eigenvalue weighted by Crippen LogP contribution is 2.21. The minimum Gasteiger partial charge on any atom is -0.369 e. The lowest BCUT2D eigenvalue weighted by Gasteiger charge is -2.34. The SMILES string of the molecule is CNC1CCCN(c2ccc(C(C)C)nc2)C1. The number of anilines is 1. The van der Waals surface area contributed by atoms with E-state index >= 15 is 0 Å². The highest BCUT2D eigenvalue weighted by Gasteiger charge is 2.18. The Bertz CT molecular complexity index is 345. The molecule has 0 saturated carbocycles. The van der Waals surface area contributed by atoms with Crippen molar-refractivity contribution >= 4 is 5.69 Å². The van der Waals surface area contributed by atoms with E-state index in [0.29, 0.717) is 12.0 Å². The number of pyridine rings is 1. The highest BCUT2D eigenvalue weighted by molar-refractivity contribution is 5.45. The summed E-state index contributed by atoms with van der Waals surface area (Å²) in [5.74, 6) is 0.510. The lowest BCUT2D eigenvalue weighted by atomic mass is 10.1. The van der Waals surface area contributed by atoms with Gasteiger partial charge in [0.2, 0.25) is 0 Å². The Kier molecular flexibility index (Phi) is 4.00. The van der Waals surface area contributed by atoms with Crippen molar-refractivity contribution in [1.29, 1.82) is 0 Å². The van der Waals surface area contributed by atoms with Crippen molar-refractivity contribution in [2.75, 3.05) is 25.0 Å². The molecule has 1 aromatic rings. The number of nitrogens with zero attached hydrogens (tertiary/aromatic N) is 2. The number of nitrogens with one attached hydrogen (secondary N) is 1. The summed E-state index contributed by atoms with van der Waals surface area (Å²) in [7, 11) is 2.05. The Morgan fingerprint density at radius 2 is 2.24 bits per heavy atom. The van der Waals surface area contributed by atoms with E-state index < -0.39 is 0 Å². The minimum absolute atomic E-state index is 0.510. The van der Waals surface area contributed by atoms with Gasteiger partial charge in [-0.25, -0.2) is 0 Å². The van der Waals surface area contributed by atoms with E-state index in [1.807, 2.05) is 13.2 Å². The van der Waals surface area contributed by atoms with Gasteiger partial charge in [-0.05, 0) is 37.9 Å². The number of piperidine rings is 1. The van der Waals surface area contributed by atoms with Crippen LogP contribution in [-0.2, 0) is 0 Å². The Labute approximate surface area is 104 Å². The van der Waals surface area contributed by atoms with E-state index in [1.54, 1.807) is 0 Å². The molecule has 1 fully saturated rings. The lowest BCUT2D eigenvalue weighted by molar-refractivity contribution is 0.449. The summed E-state index contributed by atoms with van der Waals surface area (Å²) in [5.41, 5.74) is 2.44. The molecule has 0 radical (unpaired) electrons. The fraction of sp³-hybridized carbons (Fsp3) is 0.643. The first-order valence-corrected chi connectivity index (χ1v) is 6.59. The first-order chi connectivity index (χ1) is 8.20. The molecular formula is C14H23N3. The van der Waals surface area contributed by atoms with Crippen molar-refractivity contribution in [1.82, 2.24) is 10.3 Å². The molecule has 1 unspecified atom stereocenters. The van der Waals surface area contributed by atoms with Crippen LogP contribution in [-0.4, -0.2) is 31.2 Å². The van der Waals surface area contributed by atoms with E-state index in [0.717, 1.165) is 13.1 Å². The van der Waals surface area contributed by atoms with Gasteiger partial charge in [-0.15, -0.1) is 0 Å². The number of rotatable bonds is 3. The Morgan fingerprint density at radius 3 is 2.82 bits per heavy atom. The quantitative estimate of drug-likeness (QED) is 0.869. The summed E-state index contributed by atoms with van der Waals surface area (Å²) >= 11 is 0. The molecule has 1 aliphatic heterocycles. The molecule has 1 aliphatic rings. The van der Waals surface area contributed by atoms with Crippen LogP contribution in [0, 0.1) is 0 Å². The zero-order chi connectivity index (χ0) is 12.3. The molecule has 1 saturated heterocycles. The third kappa shape index (κ3) is 2.97. The molecule has 0 spiro atoms. The van der Waals surface area contributed by atoms with Gasteiger partial charge in [0.25, 0.3) is 0 Å². The molecule has 2 heterocycles. The zero-order valence-corrected chi connectivity index (χ0v) is 11.1. The van der Waals surface area contributed by atoms with Crippen molar-refractivity contribution in [2.24, 2.45) is 0 Å². The zero-order valence-electron chi connectivity index (χ0n) is 11.1. The van der Waals surface area contributed by atoms with Crippen molar-refractivity contribution in [3.63, 3.8) is 0 Å². The van der Waals surface area contributed by atoms with Crippen LogP contribution < -0.4 is 10.2 Å². The molecule has 1 N–H and O–H groups in total. The number of hydrogen-bond acceptors (Lipinski definition) is 3. The molecule has 1 atom stereocenters. The molecule has 94 valence electrons. The maximum Gasteiger partial charge on any atom is 0.0553 e. The Hall–Kier alpha value is -1.09. The fourth-order valence-electron chi connectivity index (χ4n) is 2.37. The topological polar surface area (TPSA) is 28.2 Å². The summed E-state index contributed by atoms with van der Waals surface area (Å²) in [5, 5.41) is 3.37. The normalized spacial score (nSPS) is 20.9. The Morgan fingerprint density at radius 1 is 1.41 bits per heavy atom. The van der Waals surface area contributed by atoms with E-state index in [4.69, 9.17) is 0 Å². The maximum atomic E-state index is 4.54. The molecule has 3 heteroatoms. The molecule has 2 rings (SSSR count). The monoisotopic (exact) mass is 233 g/mol. The average molecular weight is 233 g/mol. The first-order valence-electron chi connectivity index (χ1n) is 6.59.